The zero-order chi connectivity index (χ0) is 33.9. The Balaban J connectivity index is 1.14. The summed E-state index contributed by atoms with van der Waals surface area (Å²) in [5.74, 6) is 0. The van der Waals surface area contributed by atoms with Gasteiger partial charge in [-0.3, -0.25) is 0 Å². The van der Waals surface area contributed by atoms with Crippen molar-refractivity contribution in [3.63, 3.8) is 0 Å². The van der Waals surface area contributed by atoms with Crippen molar-refractivity contribution in [2.45, 2.75) is 45.4 Å². The lowest BCUT2D eigenvalue weighted by molar-refractivity contribution is 0.661. The zero-order valence-corrected chi connectivity index (χ0v) is 29.3. The molecule has 0 saturated heterocycles. The van der Waals surface area contributed by atoms with Gasteiger partial charge in [0.2, 0.25) is 0 Å². The van der Waals surface area contributed by atoms with E-state index in [0.29, 0.717) is 0 Å². The van der Waals surface area contributed by atoms with Gasteiger partial charge in [0, 0.05) is 27.9 Å². The maximum absolute atomic E-state index is 2.46. The molecule has 1 nitrogen and oxygen atoms in total. The van der Waals surface area contributed by atoms with Gasteiger partial charge >= 0.3 is 0 Å². The van der Waals surface area contributed by atoms with Gasteiger partial charge in [-0.1, -0.05) is 113 Å². The summed E-state index contributed by atoms with van der Waals surface area (Å²) < 4.78 is 0. The van der Waals surface area contributed by atoms with Crippen LogP contribution in [0.2, 0.25) is 0 Å². The SMILES string of the molecule is Cc1cccc(N(c2ccc3c(c2)C(C)(C)c2ccc4ccccc4c2-3)c2ccc3cc4c(cc3c2)C(C)(C)c2cc3ccccc3cc2-4)c1. The number of aryl methyl sites for hydroxylation is 1. The van der Waals surface area contributed by atoms with E-state index in [4.69, 9.17) is 0 Å². The average molecular weight is 642 g/mol. The molecule has 0 spiro atoms. The Morgan fingerprint density at radius 3 is 1.70 bits per heavy atom. The lowest BCUT2D eigenvalue weighted by Crippen LogP contribution is -2.16. The van der Waals surface area contributed by atoms with Crippen LogP contribution in [0.25, 0.3) is 54.6 Å². The van der Waals surface area contributed by atoms with Gasteiger partial charge < -0.3 is 4.90 Å². The minimum Gasteiger partial charge on any atom is -0.310 e. The second kappa shape index (κ2) is 10.2. The molecule has 10 rings (SSSR count). The molecule has 0 bridgehead atoms. The van der Waals surface area contributed by atoms with Gasteiger partial charge in [-0.15, -0.1) is 0 Å². The highest BCUT2D eigenvalue weighted by molar-refractivity contribution is 6.03. The molecule has 0 N–H and O–H groups in total. The summed E-state index contributed by atoms with van der Waals surface area (Å²) in [7, 11) is 0. The van der Waals surface area contributed by atoms with E-state index in [1.54, 1.807) is 0 Å². The molecule has 8 aromatic carbocycles. The van der Waals surface area contributed by atoms with Crippen molar-refractivity contribution in [3.8, 4) is 22.3 Å². The Kier molecular flexibility index (Phi) is 5.96. The van der Waals surface area contributed by atoms with Gasteiger partial charge in [0.1, 0.15) is 0 Å². The first kappa shape index (κ1) is 29.3. The fourth-order valence-electron chi connectivity index (χ4n) is 9.14. The highest BCUT2D eigenvalue weighted by atomic mass is 15.1. The first-order chi connectivity index (χ1) is 24.2. The van der Waals surface area contributed by atoms with E-state index < -0.39 is 0 Å². The largest absolute Gasteiger partial charge is 0.310 e. The number of rotatable bonds is 3. The first-order valence-electron chi connectivity index (χ1n) is 17.8. The fourth-order valence-corrected chi connectivity index (χ4v) is 9.14. The van der Waals surface area contributed by atoms with Crippen molar-refractivity contribution in [1.29, 1.82) is 0 Å². The molecule has 0 amide bonds. The van der Waals surface area contributed by atoms with Crippen LogP contribution in [0, 0.1) is 6.92 Å². The minimum atomic E-state index is -0.113. The smallest absolute Gasteiger partial charge is 0.0468 e. The summed E-state index contributed by atoms with van der Waals surface area (Å²) in [6.45, 7) is 11.7. The third kappa shape index (κ3) is 4.07. The van der Waals surface area contributed by atoms with E-state index in [1.165, 1.54) is 99.5 Å². The van der Waals surface area contributed by atoms with Crippen molar-refractivity contribution in [3.05, 3.63) is 173 Å². The number of hydrogen-bond donors (Lipinski definition) is 0. The van der Waals surface area contributed by atoms with Gasteiger partial charge in [-0.2, -0.15) is 0 Å². The monoisotopic (exact) mass is 641 g/mol. The molecule has 0 fully saturated rings. The molecule has 0 atom stereocenters. The van der Waals surface area contributed by atoms with E-state index in [0.717, 1.165) is 0 Å². The van der Waals surface area contributed by atoms with Crippen molar-refractivity contribution < 1.29 is 0 Å². The Hall–Kier alpha value is -5.66. The summed E-state index contributed by atoms with van der Waals surface area (Å²) in [6.07, 6.45) is 0. The normalized spacial score (nSPS) is 14.8. The maximum Gasteiger partial charge on any atom is 0.0468 e. The van der Waals surface area contributed by atoms with Crippen LogP contribution in [0.15, 0.2) is 146 Å². The third-order valence-corrected chi connectivity index (χ3v) is 11.8. The number of hydrogen-bond acceptors (Lipinski definition) is 1. The summed E-state index contributed by atoms with van der Waals surface area (Å²) in [5.41, 5.74) is 15.6. The Labute approximate surface area is 294 Å². The van der Waals surface area contributed by atoms with Crippen LogP contribution in [0.5, 0.6) is 0 Å². The van der Waals surface area contributed by atoms with E-state index >= 15 is 0 Å². The van der Waals surface area contributed by atoms with Crippen molar-refractivity contribution >= 4 is 49.4 Å². The molecule has 0 aromatic heterocycles. The van der Waals surface area contributed by atoms with Crippen LogP contribution in [0.4, 0.5) is 17.1 Å². The molecule has 0 aliphatic heterocycles. The fraction of sp³-hybridized carbons (Fsp3) is 0.143. The van der Waals surface area contributed by atoms with E-state index in [1.807, 2.05) is 0 Å². The van der Waals surface area contributed by atoms with Crippen molar-refractivity contribution in [1.82, 2.24) is 0 Å². The molecule has 2 aliphatic rings. The zero-order valence-electron chi connectivity index (χ0n) is 29.3. The van der Waals surface area contributed by atoms with Gasteiger partial charge in [-0.25, -0.2) is 0 Å². The quantitative estimate of drug-likeness (QED) is 0.186. The van der Waals surface area contributed by atoms with Gasteiger partial charge in [-0.05, 0) is 150 Å². The molecule has 0 saturated carbocycles. The number of fused-ring (bicyclic) bond motifs is 10. The molecule has 8 aromatic rings. The lowest BCUT2D eigenvalue weighted by Gasteiger charge is -2.29. The van der Waals surface area contributed by atoms with Crippen molar-refractivity contribution in [2.75, 3.05) is 4.90 Å². The van der Waals surface area contributed by atoms with Gasteiger partial charge in [0.15, 0.2) is 0 Å². The average Bonchev–Trinajstić information content (AvgIpc) is 3.48. The summed E-state index contributed by atoms with van der Waals surface area (Å²) in [5, 5.41) is 7.77. The van der Waals surface area contributed by atoms with Gasteiger partial charge in [0.05, 0.1) is 0 Å². The van der Waals surface area contributed by atoms with Crippen LogP contribution >= 0.6 is 0 Å². The number of anilines is 3. The molecule has 0 unspecified atom stereocenters. The van der Waals surface area contributed by atoms with E-state index in [2.05, 4.69) is 185 Å². The van der Waals surface area contributed by atoms with Gasteiger partial charge in [0.25, 0.3) is 0 Å². The van der Waals surface area contributed by atoms with Crippen LogP contribution in [-0.4, -0.2) is 0 Å². The number of nitrogens with zero attached hydrogens (tertiary/aromatic N) is 1. The standard InChI is InChI=1S/C49H39N/c1-30-11-10-15-36(23-30)50(38-20-21-40-46(29-38)48(2,3)43-22-18-31-12-8-9-16-39(31)47(40)43)37-19-17-34-26-42-41-25-32-13-6-7-14-33(32)27-44(41)49(4,5)45(42)28-35(34)24-37/h6-29H,1-5H3. The maximum atomic E-state index is 2.46. The Morgan fingerprint density at radius 2 is 0.940 bits per heavy atom. The topological polar surface area (TPSA) is 3.24 Å². The molecular weight excluding hydrogens is 603 g/mol. The summed E-state index contributed by atoms with van der Waals surface area (Å²) >= 11 is 0. The molecule has 240 valence electrons. The molecular formula is C49H39N. The van der Waals surface area contributed by atoms with Crippen LogP contribution in [-0.2, 0) is 10.8 Å². The Bertz CT molecular complexity index is 2730. The molecule has 0 radical (unpaired) electrons. The molecule has 0 heterocycles. The molecule has 1 heteroatoms. The van der Waals surface area contributed by atoms with Crippen LogP contribution < -0.4 is 4.90 Å². The second-order valence-electron chi connectivity index (χ2n) is 15.5. The van der Waals surface area contributed by atoms with E-state index in [9.17, 15) is 0 Å². The second-order valence-corrected chi connectivity index (χ2v) is 15.5. The predicted molar refractivity (Wildman–Crippen MR) is 214 cm³/mol. The lowest BCUT2D eigenvalue weighted by atomic mass is 9.81. The summed E-state index contributed by atoms with van der Waals surface area (Å²) in [6, 6.07) is 54.9. The highest BCUT2D eigenvalue weighted by Gasteiger charge is 2.38. The predicted octanol–water partition coefficient (Wildman–Crippen LogP) is 13.5. The first-order valence-corrected chi connectivity index (χ1v) is 17.8. The summed E-state index contributed by atoms with van der Waals surface area (Å²) in [4.78, 5) is 2.45. The van der Waals surface area contributed by atoms with Crippen LogP contribution in [0.3, 0.4) is 0 Å². The molecule has 50 heavy (non-hydrogen) atoms. The molecule has 2 aliphatic carbocycles. The minimum absolute atomic E-state index is 0.0835. The highest BCUT2D eigenvalue weighted by Crippen LogP contribution is 2.54. The third-order valence-electron chi connectivity index (χ3n) is 11.8. The number of benzene rings is 8. The van der Waals surface area contributed by atoms with Crippen molar-refractivity contribution in [2.24, 2.45) is 0 Å². The Morgan fingerprint density at radius 1 is 0.380 bits per heavy atom. The van der Waals surface area contributed by atoms with Crippen LogP contribution in [0.1, 0.15) is 55.5 Å². The van der Waals surface area contributed by atoms with E-state index in [-0.39, 0.29) is 10.8 Å².